The number of benzene rings is 2. The van der Waals surface area contributed by atoms with Crippen LogP contribution in [0.1, 0.15) is 60.3 Å². The van der Waals surface area contributed by atoms with Gasteiger partial charge in [-0.25, -0.2) is 9.97 Å². The molecule has 11 heteroatoms. The van der Waals surface area contributed by atoms with Crippen LogP contribution in [0, 0.1) is 0 Å². The molecule has 0 bridgehead atoms. The Labute approximate surface area is 256 Å². The maximum Gasteiger partial charge on any atom is 0.258 e. The Morgan fingerprint density at radius 3 is 2.59 bits per heavy atom. The first-order valence-electron chi connectivity index (χ1n) is 14.8. The third-order valence-corrected chi connectivity index (χ3v) is 7.71. The number of carbonyl (C=O) groups excluding carboxylic acids is 1. The van der Waals surface area contributed by atoms with Crippen LogP contribution < -0.4 is 20.3 Å². The highest BCUT2D eigenvalue weighted by Gasteiger charge is 2.27. The molecule has 11 nitrogen and oxygen atoms in total. The van der Waals surface area contributed by atoms with Crippen molar-refractivity contribution in [2.24, 2.45) is 0 Å². The molecule has 1 amide bonds. The number of amides is 1. The van der Waals surface area contributed by atoms with Gasteiger partial charge in [0.2, 0.25) is 0 Å². The van der Waals surface area contributed by atoms with E-state index in [1.807, 2.05) is 83.0 Å². The lowest BCUT2D eigenvalue weighted by molar-refractivity contribution is 0.102. The number of rotatable bonds is 11. The third-order valence-electron chi connectivity index (χ3n) is 7.71. The third kappa shape index (κ3) is 6.12. The number of imidazole rings is 1. The molecule has 0 atom stereocenters. The minimum atomic E-state index is -0.286. The van der Waals surface area contributed by atoms with Crippen molar-refractivity contribution in [1.29, 1.82) is 0 Å². The second-order valence-electron chi connectivity index (χ2n) is 11.5. The van der Waals surface area contributed by atoms with Crippen molar-refractivity contribution in [2.75, 3.05) is 36.7 Å². The SMILES string of the molecule is COc1ccc(CNc2cc(N(C)C)c(-n3cnc(C4CC4)c3)cc2C(=O)Nc2cccc(-c3nncn3C(C)C)n2)cc1. The van der Waals surface area contributed by atoms with Gasteiger partial charge in [0.25, 0.3) is 5.91 Å². The number of hydrogen-bond donors (Lipinski definition) is 2. The average molecular weight is 592 g/mol. The van der Waals surface area contributed by atoms with Crippen LogP contribution in [0.25, 0.3) is 17.2 Å². The van der Waals surface area contributed by atoms with E-state index in [-0.39, 0.29) is 11.9 Å². The molecule has 44 heavy (non-hydrogen) atoms. The topological polar surface area (TPSA) is 115 Å². The van der Waals surface area contributed by atoms with Gasteiger partial charge in [0.1, 0.15) is 23.6 Å². The summed E-state index contributed by atoms with van der Waals surface area (Å²) < 4.78 is 9.26. The van der Waals surface area contributed by atoms with Crippen LogP contribution in [0.2, 0.25) is 0 Å². The molecule has 5 aromatic rings. The Morgan fingerprint density at radius 1 is 1.09 bits per heavy atom. The molecule has 1 saturated carbocycles. The van der Waals surface area contributed by atoms with Crippen LogP contribution in [0.4, 0.5) is 17.2 Å². The molecule has 3 heterocycles. The van der Waals surface area contributed by atoms with Crippen LogP contribution in [-0.4, -0.2) is 56.4 Å². The smallest absolute Gasteiger partial charge is 0.258 e. The molecule has 0 saturated heterocycles. The first-order valence-corrected chi connectivity index (χ1v) is 14.8. The van der Waals surface area contributed by atoms with Gasteiger partial charge in [-0.2, -0.15) is 0 Å². The average Bonchev–Trinajstić information content (AvgIpc) is 3.54. The second kappa shape index (κ2) is 12.2. The number of carbonyl (C=O) groups is 1. The van der Waals surface area contributed by atoms with Gasteiger partial charge in [-0.15, -0.1) is 10.2 Å². The summed E-state index contributed by atoms with van der Waals surface area (Å²) in [5, 5.41) is 14.8. The summed E-state index contributed by atoms with van der Waals surface area (Å²) in [4.78, 5) is 25.4. The molecule has 0 spiro atoms. The molecular weight excluding hydrogens is 554 g/mol. The van der Waals surface area contributed by atoms with E-state index in [0.717, 1.165) is 28.4 Å². The van der Waals surface area contributed by atoms with Crippen LogP contribution in [0.3, 0.4) is 0 Å². The van der Waals surface area contributed by atoms with E-state index in [0.29, 0.717) is 41.0 Å². The molecule has 2 aromatic carbocycles. The summed E-state index contributed by atoms with van der Waals surface area (Å²) in [5.74, 6) is 2.09. The van der Waals surface area contributed by atoms with Crippen molar-refractivity contribution in [3.8, 4) is 23.0 Å². The molecule has 0 unspecified atom stereocenters. The molecule has 3 aromatic heterocycles. The van der Waals surface area contributed by atoms with Gasteiger partial charge >= 0.3 is 0 Å². The fourth-order valence-corrected chi connectivity index (χ4v) is 5.09. The number of nitrogens with zero attached hydrogens (tertiary/aromatic N) is 7. The molecule has 1 fully saturated rings. The number of ether oxygens (including phenoxy) is 1. The highest BCUT2D eigenvalue weighted by atomic mass is 16.5. The maximum absolute atomic E-state index is 14.0. The predicted molar refractivity (Wildman–Crippen MR) is 172 cm³/mol. The Hall–Kier alpha value is -5.19. The summed E-state index contributed by atoms with van der Waals surface area (Å²) in [6.07, 6.45) is 7.92. The molecule has 1 aliphatic rings. The number of aromatic nitrogens is 6. The maximum atomic E-state index is 14.0. The number of methoxy groups -OCH3 is 1. The van der Waals surface area contributed by atoms with Crippen molar-refractivity contribution < 1.29 is 9.53 Å². The minimum absolute atomic E-state index is 0.164. The number of anilines is 3. The predicted octanol–water partition coefficient (Wildman–Crippen LogP) is 5.92. The van der Waals surface area contributed by atoms with Crippen molar-refractivity contribution in [2.45, 2.75) is 45.2 Å². The highest BCUT2D eigenvalue weighted by Crippen LogP contribution is 2.40. The molecule has 6 rings (SSSR count). The minimum Gasteiger partial charge on any atom is -0.497 e. The Morgan fingerprint density at radius 2 is 1.89 bits per heavy atom. The molecule has 0 aliphatic heterocycles. The Kier molecular flexibility index (Phi) is 8.01. The highest BCUT2D eigenvalue weighted by molar-refractivity contribution is 6.09. The quantitative estimate of drug-likeness (QED) is 0.194. The van der Waals surface area contributed by atoms with Crippen molar-refractivity contribution in [1.82, 2.24) is 29.3 Å². The summed E-state index contributed by atoms with van der Waals surface area (Å²) in [6.45, 7) is 4.63. The van der Waals surface area contributed by atoms with Crippen LogP contribution in [0.15, 0.2) is 73.4 Å². The number of hydrogen-bond acceptors (Lipinski definition) is 8. The summed E-state index contributed by atoms with van der Waals surface area (Å²) >= 11 is 0. The molecular formula is C33H37N9O2. The molecule has 2 N–H and O–H groups in total. The lowest BCUT2D eigenvalue weighted by Crippen LogP contribution is -2.19. The Bertz CT molecular complexity index is 1770. The zero-order valence-corrected chi connectivity index (χ0v) is 25.7. The first kappa shape index (κ1) is 28.9. The summed E-state index contributed by atoms with van der Waals surface area (Å²) in [7, 11) is 5.64. The fraction of sp³-hybridized carbons (Fsp3) is 0.303. The van der Waals surface area contributed by atoms with Gasteiger partial charge in [-0.1, -0.05) is 18.2 Å². The molecule has 1 aliphatic carbocycles. The zero-order valence-electron chi connectivity index (χ0n) is 25.7. The summed E-state index contributed by atoms with van der Waals surface area (Å²) in [5.41, 5.74) is 5.76. The van der Waals surface area contributed by atoms with Gasteiger partial charge < -0.3 is 29.4 Å². The monoisotopic (exact) mass is 591 g/mol. The van der Waals surface area contributed by atoms with Gasteiger partial charge in [-0.05, 0) is 68.7 Å². The van der Waals surface area contributed by atoms with E-state index in [1.165, 1.54) is 12.8 Å². The van der Waals surface area contributed by atoms with E-state index in [9.17, 15) is 4.79 Å². The zero-order chi connectivity index (χ0) is 30.8. The lowest BCUT2D eigenvalue weighted by Gasteiger charge is -2.22. The first-order chi connectivity index (χ1) is 21.3. The normalized spacial score (nSPS) is 12.8. The van der Waals surface area contributed by atoms with Crippen molar-refractivity contribution >= 4 is 23.1 Å². The van der Waals surface area contributed by atoms with Gasteiger partial charge in [0.05, 0.1) is 36.1 Å². The largest absolute Gasteiger partial charge is 0.497 e. The summed E-state index contributed by atoms with van der Waals surface area (Å²) in [6, 6.07) is 17.4. The second-order valence-corrected chi connectivity index (χ2v) is 11.5. The van der Waals surface area contributed by atoms with E-state index in [2.05, 4.69) is 45.9 Å². The van der Waals surface area contributed by atoms with E-state index < -0.39 is 0 Å². The van der Waals surface area contributed by atoms with Crippen LogP contribution in [-0.2, 0) is 6.54 Å². The molecule has 226 valence electrons. The van der Waals surface area contributed by atoms with Gasteiger partial charge in [0, 0.05) is 44.5 Å². The van der Waals surface area contributed by atoms with Gasteiger partial charge in [-0.3, -0.25) is 4.79 Å². The van der Waals surface area contributed by atoms with Gasteiger partial charge in [0.15, 0.2) is 5.82 Å². The Balaban J connectivity index is 1.36. The van der Waals surface area contributed by atoms with Crippen molar-refractivity contribution in [3.63, 3.8) is 0 Å². The molecule has 0 radical (unpaired) electrons. The fourth-order valence-electron chi connectivity index (χ4n) is 5.09. The van der Waals surface area contributed by atoms with E-state index in [4.69, 9.17) is 9.72 Å². The standard InChI is InChI=1S/C33H37N9O2/c1-21(2)42-20-36-39-32(42)26-7-6-8-31(37-26)38-33(43)25-15-30(41-18-28(35-19-41)23-11-12-23)29(40(3)4)16-27(25)34-17-22-9-13-24(44-5)14-10-22/h6-10,13-16,18-21,23,34H,11-12,17H2,1-5H3,(H,37,38,43). The van der Waals surface area contributed by atoms with Crippen LogP contribution >= 0.6 is 0 Å². The lowest BCUT2D eigenvalue weighted by atomic mass is 10.1. The van der Waals surface area contributed by atoms with Crippen LogP contribution in [0.5, 0.6) is 5.75 Å². The van der Waals surface area contributed by atoms with E-state index in [1.54, 1.807) is 19.5 Å². The number of nitrogens with one attached hydrogen (secondary N) is 2. The van der Waals surface area contributed by atoms with E-state index >= 15 is 0 Å². The number of pyridine rings is 1. The van der Waals surface area contributed by atoms with Crippen molar-refractivity contribution in [3.05, 3.63) is 90.3 Å².